The van der Waals surface area contributed by atoms with E-state index in [9.17, 15) is 9.59 Å². The van der Waals surface area contributed by atoms with Crippen molar-refractivity contribution in [1.29, 1.82) is 0 Å². The largest absolute Gasteiger partial charge is 0.381 e. The van der Waals surface area contributed by atoms with E-state index < -0.39 is 0 Å². The summed E-state index contributed by atoms with van der Waals surface area (Å²) in [7, 11) is 3.21. The highest BCUT2D eigenvalue weighted by atomic mass is 16.2. The molecule has 0 amide bonds. The highest BCUT2D eigenvalue weighted by molar-refractivity contribution is 5.90. The molecule has 0 saturated heterocycles. The topological polar surface area (TPSA) is 68.9 Å². The molecule has 0 spiro atoms. The minimum absolute atomic E-state index is 0.273. The molecule has 1 aliphatic carbocycles. The first-order chi connectivity index (χ1) is 13.5. The van der Waals surface area contributed by atoms with Crippen molar-refractivity contribution < 1.29 is 0 Å². The molecule has 1 saturated carbocycles. The third-order valence-corrected chi connectivity index (χ3v) is 6.11. The maximum atomic E-state index is 12.9. The number of rotatable bonds is 2. The van der Waals surface area contributed by atoms with Crippen molar-refractivity contribution in [3.05, 3.63) is 32.6 Å². The van der Waals surface area contributed by atoms with Gasteiger partial charge in [0.2, 0.25) is 0 Å². The molecule has 2 heterocycles. The minimum atomic E-state index is -0.342. The Hall–Kier alpha value is -2.11. The van der Waals surface area contributed by atoms with Crippen LogP contribution in [0.15, 0.2) is 15.8 Å². The van der Waals surface area contributed by atoms with Gasteiger partial charge in [0.05, 0.1) is 5.69 Å². The Labute approximate surface area is 167 Å². The van der Waals surface area contributed by atoms with Crippen LogP contribution >= 0.6 is 0 Å². The second-order valence-corrected chi connectivity index (χ2v) is 8.32. The van der Waals surface area contributed by atoms with Crippen LogP contribution in [-0.4, -0.2) is 20.2 Å². The SMILES string of the molecule is Cc1cnc2c(c1NC1CCCCCCCCCCC1)c(=O)n(C)c(=O)n2C. The maximum absolute atomic E-state index is 12.9. The van der Waals surface area contributed by atoms with Crippen molar-refractivity contribution in [2.75, 3.05) is 5.32 Å². The number of anilines is 1. The molecule has 2 aromatic heterocycles. The van der Waals surface area contributed by atoms with Crippen LogP contribution in [0.2, 0.25) is 0 Å². The Morgan fingerprint density at radius 2 is 1.43 bits per heavy atom. The first-order valence-electron chi connectivity index (χ1n) is 10.8. The summed E-state index contributed by atoms with van der Waals surface area (Å²) in [6.07, 6.45) is 15.8. The molecule has 28 heavy (non-hydrogen) atoms. The van der Waals surface area contributed by atoms with Crippen molar-refractivity contribution in [1.82, 2.24) is 14.1 Å². The van der Waals surface area contributed by atoms with Crippen LogP contribution in [0.5, 0.6) is 0 Å². The predicted octanol–water partition coefficient (Wildman–Crippen LogP) is 4.03. The summed E-state index contributed by atoms with van der Waals surface area (Å²) in [6, 6.07) is 0.352. The number of hydrogen-bond donors (Lipinski definition) is 1. The van der Waals surface area contributed by atoms with Crippen molar-refractivity contribution in [2.45, 2.75) is 83.6 Å². The monoisotopic (exact) mass is 386 g/mol. The van der Waals surface area contributed by atoms with E-state index in [0.29, 0.717) is 17.1 Å². The normalized spacial score (nSPS) is 17.8. The van der Waals surface area contributed by atoms with Gasteiger partial charge in [-0.15, -0.1) is 0 Å². The van der Waals surface area contributed by atoms with E-state index in [0.717, 1.165) is 24.1 Å². The predicted molar refractivity (Wildman–Crippen MR) is 115 cm³/mol. The van der Waals surface area contributed by atoms with Gasteiger partial charge in [-0.1, -0.05) is 57.8 Å². The Balaban J connectivity index is 1.94. The van der Waals surface area contributed by atoms with E-state index in [4.69, 9.17) is 0 Å². The fourth-order valence-electron chi connectivity index (χ4n) is 4.32. The van der Waals surface area contributed by atoms with Gasteiger partial charge in [-0.05, 0) is 25.3 Å². The Morgan fingerprint density at radius 1 is 0.893 bits per heavy atom. The zero-order valence-electron chi connectivity index (χ0n) is 17.6. The number of fused-ring (bicyclic) bond motifs is 1. The van der Waals surface area contributed by atoms with Gasteiger partial charge in [-0.3, -0.25) is 13.9 Å². The number of nitrogens with one attached hydrogen (secondary N) is 1. The highest BCUT2D eigenvalue weighted by Crippen LogP contribution is 2.26. The molecule has 154 valence electrons. The molecule has 1 fully saturated rings. The van der Waals surface area contributed by atoms with Crippen LogP contribution in [0.3, 0.4) is 0 Å². The van der Waals surface area contributed by atoms with Crippen LogP contribution in [-0.2, 0) is 14.1 Å². The molecular formula is C22H34N4O2. The van der Waals surface area contributed by atoms with Gasteiger partial charge in [0.25, 0.3) is 5.56 Å². The molecule has 1 aliphatic rings. The van der Waals surface area contributed by atoms with Gasteiger partial charge < -0.3 is 5.32 Å². The lowest BCUT2D eigenvalue weighted by Crippen LogP contribution is -2.38. The average molecular weight is 387 g/mol. The van der Waals surface area contributed by atoms with Crippen molar-refractivity contribution in [2.24, 2.45) is 14.1 Å². The molecular weight excluding hydrogens is 352 g/mol. The fourth-order valence-corrected chi connectivity index (χ4v) is 4.32. The third kappa shape index (κ3) is 4.47. The summed E-state index contributed by atoms with van der Waals surface area (Å²) in [5, 5.41) is 4.21. The number of nitrogens with zero attached hydrogens (tertiary/aromatic N) is 3. The van der Waals surface area contributed by atoms with Gasteiger partial charge in [-0.2, -0.15) is 0 Å². The summed E-state index contributed by atoms with van der Waals surface area (Å²) in [5.74, 6) is 0. The molecule has 0 bridgehead atoms. The van der Waals surface area contributed by atoms with Gasteiger partial charge in [-0.25, -0.2) is 9.78 Å². The van der Waals surface area contributed by atoms with E-state index in [1.807, 2.05) is 6.92 Å². The molecule has 3 rings (SSSR count). The van der Waals surface area contributed by atoms with E-state index in [1.54, 1.807) is 13.2 Å². The van der Waals surface area contributed by atoms with Crippen LogP contribution < -0.4 is 16.6 Å². The minimum Gasteiger partial charge on any atom is -0.381 e. The first kappa shape index (κ1) is 20.6. The van der Waals surface area contributed by atoms with E-state index in [-0.39, 0.29) is 11.2 Å². The molecule has 2 aromatic rings. The molecule has 6 heteroatoms. The van der Waals surface area contributed by atoms with Crippen LogP contribution in [0.1, 0.15) is 76.2 Å². The first-order valence-corrected chi connectivity index (χ1v) is 10.8. The van der Waals surface area contributed by atoms with Gasteiger partial charge in [0.15, 0.2) is 5.65 Å². The Kier molecular flexibility index (Phi) is 6.92. The van der Waals surface area contributed by atoms with Gasteiger partial charge >= 0.3 is 5.69 Å². The van der Waals surface area contributed by atoms with Crippen LogP contribution in [0.25, 0.3) is 11.0 Å². The zero-order chi connectivity index (χ0) is 20.1. The van der Waals surface area contributed by atoms with E-state index in [2.05, 4.69) is 10.3 Å². The third-order valence-electron chi connectivity index (χ3n) is 6.11. The molecule has 6 nitrogen and oxygen atoms in total. The second kappa shape index (κ2) is 9.39. The fraction of sp³-hybridized carbons (Fsp3) is 0.682. The van der Waals surface area contributed by atoms with Gasteiger partial charge in [0.1, 0.15) is 5.39 Å². The lowest BCUT2D eigenvalue weighted by atomic mass is 9.97. The van der Waals surface area contributed by atoms with Crippen LogP contribution in [0, 0.1) is 6.92 Å². The standard InChI is InChI=1S/C22H34N4O2/c1-16-15-23-20-18(21(27)26(3)22(28)25(20)2)19(16)24-17-13-11-9-7-5-4-6-8-10-12-14-17/h15,17H,4-14H2,1-3H3,(H,23,24). The van der Waals surface area contributed by atoms with Crippen molar-refractivity contribution >= 4 is 16.7 Å². The summed E-state index contributed by atoms with van der Waals surface area (Å²) >= 11 is 0. The number of pyridine rings is 1. The lowest BCUT2D eigenvalue weighted by molar-refractivity contribution is 0.480. The summed E-state index contributed by atoms with van der Waals surface area (Å²) in [5.41, 5.74) is 1.64. The van der Waals surface area contributed by atoms with E-state index in [1.165, 1.54) is 74.0 Å². The molecule has 0 atom stereocenters. The van der Waals surface area contributed by atoms with Crippen molar-refractivity contribution in [3.63, 3.8) is 0 Å². The summed E-state index contributed by atoms with van der Waals surface area (Å²) in [4.78, 5) is 29.6. The zero-order valence-corrected chi connectivity index (χ0v) is 17.6. The quantitative estimate of drug-likeness (QED) is 0.846. The Bertz CT molecular complexity index is 917. The molecule has 0 unspecified atom stereocenters. The van der Waals surface area contributed by atoms with Crippen LogP contribution in [0.4, 0.5) is 5.69 Å². The van der Waals surface area contributed by atoms with Gasteiger partial charge in [0, 0.05) is 26.3 Å². The number of aryl methyl sites for hydroxylation is 2. The smallest absolute Gasteiger partial charge is 0.332 e. The second-order valence-electron chi connectivity index (χ2n) is 8.32. The molecule has 0 aliphatic heterocycles. The maximum Gasteiger partial charge on any atom is 0.332 e. The molecule has 0 radical (unpaired) electrons. The summed E-state index contributed by atoms with van der Waals surface area (Å²) < 4.78 is 2.64. The number of aromatic nitrogens is 3. The van der Waals surface area contributed by atoms with E-state index >= 15 is 0 Å². The Morgan fingerprint density at radius 3 is 2.00 bits per heavy atom. The average Bonchev–Trinajstić information content (AvgIpc) is 2.68. The summed E-state index contributed by atoms with van der Waals surface area (Å²) in [6.45, 7) is 1.98. The molecule has 1 N–H and O–H groups in total. The van der Waals surface area contributed by atoms with Crippen molar-refractivity contribution in [3.8, 4) is 0 Å². The molecule has 0 aromatic carbocycles. The highest BCUT2D eigenvalue weighted by Gasteiger charge is 2.18. The lowest BCUT2D eigenvalue weighted by Gasteiger charge is -2.23. The number of hydrogen-bond acceptors (Lipinski definition) is 4.